The second-order valence-corrected chi connectivity index (χ2v) is 5.67. The number of alkyl carbamates (subject to hydrolysis) is 1. The number of ether oxygens (including phenoxy) is 1. The van der Waals surface area contributed by atoms with Crippen molar-refractivity contribution in [3.8, 4) is 0 Å². The molecule has 0 aliphatic rings. The van der Waals surface area contributed by atoms with E-state index in [0.29, 0.717) is 31.5 Å². The fourth-order valence-electron chi connectivity index (χ4n) is 1.34. The molecule has 0 saturated carbocycles. The number of hydroxylamine groups is 1. The molecule has 0 aliphatic heterocycles. The number of carbonyl (C=O) groups excluding carboxylic acids is 1. The Morgan fingerprint density at radius 1 is 1.22 bits per heavy atom. The zero-order valence-electron chi connectivity index (χ0n) is 12.5. The first-order chi connectivity index (χ1) is 8.26. The van der Waals surface area contributed by atoms with Gasteiger partial charge in [-0.2, -0.15) is 0 Å². The van der Waals surface area contributed by atoms with Crippen molar-refractivity contribution < 1.29 is 14.4 Å². The van der Waals surface area contributed by atoms with Crippen LogP contribution in [0.5, 0.6) is 0 Å². The van der Waals surface area contributed by atoms with Crippen LogP contribution in [-0.4, -0.2) is 31.4 Å². The molecule has 0 radical (unpaired) electrons. The minimum absolute atomic E-state index is 0.309. The molecule has 0 spiro atoms. The van der Waals surface area contributed by atoms with E-state index in [2.05, 4.69) is 24.6 Å². The Bertz CT molecular complexity index is 237. The van der Waals surface area contributed by atoms with Gasteiger partial charge in [0.15, 0.2) is 0 Å². The minimum atomic E-state index is -0.457. The Balaban J connectivity index is 3.99. The first-order valence-electron chi connectivity index (χ1n) is 6.57. The minimum Gasteiger partial charge on any atom is -0.444 e. The van der Waals surface area contributed by atoms with Gasteiger partial charge >= 0.3 is 6.09 Å². The second-order valence-electron chi connectivity index (χ2n) is 5.67. The van der Waals surface area contributed by atoms with Crippen molar-refractivity contribution in [2.24, 2.45) is 11.8 Å². The maximum absolute atomic E-state index is 11.5. The molecule has 0 aromatic rings. The lowest BCUT2D eigenvalue weighted by atomic mass is 9.96. The molecule has 5 heteroatoms. The summed E-state index contributed by atoms with van der Waals surface area (Å²) in [7, 11) is 0. The molecule has 0 heterocycles. The molecule has 1 unspecified atom stereocenters. The van der Waals surface area contributed by atoms with Gasteiger partial charge in [-0.1, -0.05) is 13.8 Å². The Hall–Kier alpha value is -0.810. The SMILES string of the molecule is CCONCC(CNC(=O)OC(C)(C)C)C(C)C. The molecular formula is C13H28N2O3. The van der Waals surface area contributed by atoms with Crippen molar-refractivity contribution in [2.75, 3.05) is 19.7 Å². The van der Waals surface area contributed by atoms with Crippen LogP contribution in [-0.2, 0) is 9.57 Å². The van der Waals surface area contributed by atoms with Gasteiger partial charge in [0.05, 0.1) is 6.61 Å². The van der Waals surface area contributed by atoms with E-state index in [1.165, 1.54) is 0 Å². The molecule has 5 nitrogen and oxygen atoms in total. The lowest BCUT2D eigenvalue weighted by Crippen LogP contribution is -2.39. The average molecular weight is 260 g/mol. The molecule has 18 heavy (non-hydrogen) atoms. The quantitative estimate of drug-likeness (QED) is 0.545. The van der Waals surface area contributed by atoms with Crippen molar-refractivity contribution >= 4 is 6.09 Å². The van der Waals surface area contributed by atoms with Gasteiger partial charge in [-0.15, -0.1) is 0 Å². The molecule has 0 fully saturated rings. The van der Waals surface area contributed by atoms with Gasteiger partial charge < -0.3 is 14.9 Å². The van der Waals surface area contributed by atoms with E-state index >= 15 is 0 Å². The second kappa shape index (κ2) is 8.32. The topological polar surface area (TPSA) is 59.6 Å². The molecule has 0 saturated heterocycles. The summed E-state index contributed by atoms with van der Waals surface area (Å²) in [5, 5.41) is 2.79. The van der Waals surface area contributed by atoms with Gasteiger partial charge in [0, 0.05) is 13.1 Å². The Labute approximate surface area is 111 Å². The summed E-state index contributed by atoms with van der Waals surface area (Å²) in [5.41, 5.74) is 2.44. The van der Waals surface area contributed by atoms with E-state index in [1.54, 1.807) is 0 Å². The van der Waals surface area contributed by atoms with Crippen molar-refractivity contribution in [1.82, 2.24) is 10.8 Å². The fraction of sp³-hybridized carbons (Fsp3) is 0.923. The van der Waals surface area contributed by atoms with Crippen LogP contribution in [0.4, 0.5) is 4.79 Å². The summed E-state index contributed by atoms with van der Waals surface area (Å²) in [5.74, 6) is 0.761. The largest absolute Gasteiger partial charge is 0.444 e. The molecule has 1 amide bonds. The Kier molecular flexibility index (Phi) is 7.95. The number of rotatable bonds is 7. The van der Waals surface area contributed by atoms with Crippen LogP contribution in [0.1, 0.15) is 41.5 Å². The Morgan fingerprint density at radius 2 is 1.83 bits per heavy atom. The van der Waals surface area contributed by atoms with E-state index in [0.717, 1.165) is 0 Å². The van der Waals surface area contributed by atoms with Crippen LogP contribution in [0.15, 0.2) is 0 Å². The van der Waals surface area contributed by atoms with Gasteiger partial charge in [0.2, 0.25) is 0 Å². The number of amides is 1. The van der Waals surface area contributed by atoms with E-state index < -0.39 is 5.60 Å². The van der Waals surface area contributed by atoms with E-state index in [9.17, 15) is 4.79 Å². The lowest BCUT2D eigenvalue weighted by molar-refractivity contribution is 0.0335. The van der Waals surface area contributed by atoms with Crippen molar-refractivity contribution in [3.63, 3.8) is 0 Å². The van der Waals surface area contributed by atoms with Crippen LogP contribution >= 0.6 is 0 Å². The van der Waals surface area contributed by atoms with E-state index in [1.807, 2.05) is 27.7 Å². The summed E-state index contributed by atoms with van der Waals surface area (Å²) in [6.07, 6.45) is -0.371. The summed E-state index contributed by atoms with van der Waals surface area (Å²) >= 11 is 0. The van der Waals surface area contributed by atoms with Crippen molar-refractivity contribution in [2.45, 2.75) is 47.1 Å². The number of nitrogens with one attached hydrogen (secondary N) is 2. The predicted octanol–water partition coefficient (Wildman–Crippen LogP) is 2.32. The number of hydrogen-bond donors (Lipinski definition) is 2. The van der Waals surface area contributed by atoms with E-state index in [4.69, 9.17) is 9.57 Å². The third kappa shape index (κ3) is 9.24. The lowest BCUT2D eigenvalue weighted by Gasteiger charge is -2.24. The molecule has 2 N–H and O–H groups in total. The highest BCUT2D eigenvalue weighted by Crippen LogP contribution is 2.10. The van der Waals surface area contributed by atoms with Crippen molar-refractivity contribution in [1.29, 1.82) is 0 Å². The standard InChI is InChI=1S/C13H28N2O3/c1-7-17-15-9-11(10(2)3)8-14-12(16)18-13(4,5)6/h10-11,15H,7-9H2,1-6H3,(H,14,16). The van der Waals surface area contributed by atoms with Gasteiger partial charge in [0.25, 0.3) is 0 Å². The van der Waals surface area contributed by atoms with Crippen LogP contribution < -0.4 is 10.8 Å². The molecule has 0 bridgehead atoms. The number of hydrogen-bond acceptors (Lipinski definition) is 4. The van der Waals surface area contributed by atoms with Gasteiger partial charge in [-0.05, 0) is 39.5 Å². The summed E-state index contributed by atoms with van der Waals surface area (Å²) in [6.45, 7) is 13.6. The molecule has 0 rings (SSSR count). The van der Waals surface area contributed by atoms with Gasteiger partial charge in [-0.3, -0.25) is 0 Å². The predicted molar refractivity (Wildman–Crippen MR) is 72.2 cm³/mol. The summed E-state index contributed by atoms with van der Waals surface area (Å²) in [6, 6.07) is 0. The smallest absolute Gasteiger partial charge is 0.407 e. The fourth-order valence-corrected chi connectivity index (χ4v) is 1.34. The third-order valence-corrected chi connectivity index (χ3v) is 2.44. The van der Waals surface area contributed by atoms with Crippen LogP contribution in [0, 0.1) is 11.8 Å². The molecule has 1 atom stereocenters. The van der Waals surface area contributed by atoms with Crippen molar-refractivity contribution in [3.05, 3.63) is 0 Å². The maximum atomic E-state index is 11.5. The molecule has 0 aromatic heterocycles. The summed E-state index contributed by atoms with van der Waals surface area (Å²) in [4.78, 5) is 16.6. The zero-order valence-corrected chi connectivity index (χ0v) is 12.5. The monoisotopic (exact) mass is 260 g/mol. The zero-order chi connectivity index (χ0) is 14.2. The number of carbonyl (C=O) groups is 1. The first-order valence-corrected chi connectivity index (χ1v) is 6.57. The molecular weight excluding hydrogens is 232 g/mol. The highest BCUT2D eigenvalue weighted by atomic mass is 16.6. The molecule has 108 valence electrons. The van der Waals surface area contributed by atoms with Gasteiger partial charge in [0.1, 0.15) is 5.60 Å². The highest BCUT2D eigenvalue weighted by Gasteiger charge is 2.18. The Morgan fingerprint density at radius 3 is 2.28 bits per heavy atom. The van der Waals surface area contributed by atoms with Crippen LogP contribution in [0.2, 0.25) is 0 Å². The average Bonchev–Trinajstić information content (AvgIpc) is 2.20. The van der Waals surface area contributed by atoms with E-state index in [-0.39, 0.29) is 6.09 Å². The molecule has 0 aliphatic carbocycles. The summed E-state index contributed by atoms with van der Waals surface area (Å²) < 4.78 is 5.19. The molecule has 0 aromatic carbocycles. The maximum Gasteiger partial charge on any atom is 0.407 e. The van der Waals surface area contributed by atoms with Crippen LogP contribution in [0.25, 0.3) is 0 Å². The highest BCUT2D eigenvalue weighted by molar-refractivity contribution is 5.67. The third-order valence-electron chi connectivity index (χ3n) is 2.44. The van der Waals surface area contributed by atoms with Crippen LogP contribution in [0.3, 0.4) is 0 Å². The van der Waals surface area contributed by atoms with Gasteiger partial charge in [-0.25, -0.2) is 10.3 Å². The first kappa shape index (κ1) is 17.2. The normalized spacial score (nSPS) is 13.5.